The van der Waals surface area contributed by atoms with Crippen LogP contribution in [0.4, 0.5) is 79.3 Å². The number of aromatic nitrogens is 5. The molecule has 1 atom stereocenters. The van der Waals surface area contributed by atoms with E-state index in [1.165, 1.54) is 62.0 Å². The van der Waals surface area contributed by atoms with Crippen molar-refractivity contribution in [1.29, 1.82) is 0 Å². The Kier molecular flexibility index (Phi) is 25.7. The lowest BCUT2D eigenvalue weighted by Crippen LogP contribution is -2.38. The largest absolute Gasteiger partial charge is 0.494 e. The second-order valence-electron chi connectivity index (χ2n) is 22.2. The molecule has 0 spiro atoms. The predicted molar refractivity (Wildman–Crippen MR) is 386 cm³/mol. The van der Waals surface area contributed by atoms with Crippen LogP contribution in [0, 0.1) is 0 Å². The zero-order chi connectivity index (χ0) is 71.8. The number of hydrogen-bond donors (Lipinski definition) is 6. The first-order valence-corrected chi connectivity index (χ1v) is 37.3. The van der Waals surface area contributed by atoms with Gasteiger partial charge >= 0.3 is 0 Å². The van der Waals surface area contributed by atoms with Gasteiger partial charge in [0.2, 0.25) is 28.1 Å². The minimum atomic E-state index is -4.62. The predicted octanol–water partition coefficient (Wildman–Crippen LogP) is 11.8. The van der Waals surface area contributed by atoms with Gasteiger partial charge in [-0.25, -0.2) is 0 Å². The van der Waals surface area contributed by atoms with E-state index >= 15 is 0 Å². The molecule has 532 valence electrons. The average Bonchev–Trinajstić information content (AvgIpc) is 1.50. The molecule has 7 aromatic rings. The molecule has 0 radical (unpaired) electrons. The second-order valence-corrected chi connectivity index (χ2v) is 28.1. The summed E-state index contributed by atoms with van der Waals surface area (Å²) in [6.07, 6.45) is 3.14. The number of thioether (sulfide) groups is 1. The first-order chi connectivity index (χ1) is 47.9. The number of ether oxygens (including phenoxy) is 4. The molecule has 2 aliphatic rings. The molecule has 2 amide bonds. The zero-order valence-electron chi connectivity index (χ0n) is 56.3. The summed E-state index contributed by atoms with van der Waals surface area (Å²) in [6.45, 7) is 18.0. The molecule has 9 rings (SSSR count). The normalized spacial score (nSPS) is 14.1. The molecule has 2 aliphatic heterocycles. The smallest absolute Gasteiger partial charge is 0.294 e. The third-order valence-corrected chi connectivity index (χ3v) is 20.1. The molecule has 2 fully saturated rings. The summed E-state index contributed by atoms with van der Waals surface area (Å²) in [6, 6.07) is 17.1. The summed E-state index contributed by atoms with van der Waals surface area (Å²) >= 11 is 3.45. The monoisotopic (exact) mass is 1470 g/mol. The van der Waals surface area contributed by atoms with Crippen LogP contribution in [0.3, 0.4) is 0 Å². The number of ketones is 2. The summed E-state index contributed by atoms with van der Waals surface area (Å²) in [5.41, 5.74) is 2.46. The van der Waals surface area contributed by atoms with Crippen LogP contribution in [0.2, 0.25) is 0 Å². The van der Waals surface area contributed by atoms with Gasteiger partial charge in [0, 0.05) is 81.6 Å². The van der Waals surface area contributed by atoms with Crippen LogP contribution in [0.25, 0.3) is 6.08 Å². The summed E-state index contributed by atoms with van der Waals surface area (Å²) in [5.74, 6) is -1.70. The van der Waals surface area contributed by atoms with Crippen molar-refractivity contribution >= 4 is 163 Å². The number of hydrogen-bond acceptors (Lipinski definition) is 30. The van der Waals surface area contributed by atoms with E-state index in [9.17, 15) is 45.1 Å². The highest BCUT2D eigenvalue weighted by Crippen LogP contribution is 2.45. The van der Waals surface area contributed by atoms with Crippen LogP contribution in [-0.4, -0.2) is 173 Å². The van der Waals surface area contributed by atoms with E-state index in [2.05, 4.69) is 48.2 Å². The van der Waals surface area contributed by atoms with Crippen molar-refractivity contribution in [2.45, 2.75) is 82.2 Å². The molecule has 1 unspecified atom stereocenters. The summed E-state index contributed by atoms with van der Waals surface area (Å²) in [4.78, 5) is 87.2. The number of rotatable bonds is 32. The topological polar surface area (TPSA) is 389 Å². The van der Waals surface area contributed by atoms with Crippen molar-refractivity contribution in [3.8, 4) is 11.5 Å². The number of unbranched alkanes of at least 4 members (excludes halogenated alkanes) is 1. The van der Waals surface area contributed by atoms with Crippen molar-refractivity contribution in [3.63, 3.8) is 0 Å². The molecule has 0 aliphatic carbocycles. The van der Waals surface area contributed by atoms with E-state index in [4.69, 9.17) is 54.1 Å². The van der Waals surface area contributed by atoms with Gasteiger partial charge in [-0.15, -0.1) is 20.5 Å². The highest BCUT2D eigenvalue weighted by atomic mass is 32.2. The maximum absolute atomic E-state index is 14.2. The number of nitrogens with zero attached hydrogens (tertiary/aromatic N) is 13. The molecule has 36 heteroatoms. The Hall–Kier alpha value is -9.14. The number of Topliss-reactive ketones (excluding diaryl/α,β-unsaturated/α-hetero) is 2. The number of anilines is 10. The lowest BCUT2D eigenvalue weighted by molar-refractivity contribution is -0.126. The SMILES string of the molecule is CCCCSc1nc(Nc2cc(N(CC)CC)c(OC)cc2N=Nc2nc(N3CCOCC3)c(/C=C(\C(C)=O)C(=O)Nc3cccc(S(=O)(=O)O)c3)s2)nc(Nc2cc(N(CC)CC)c(OC)cc2N=Nc2nc(N3CCOCC3)c(C(C(C)=O)C(=O)Nc3cccc(S(=O)(=O)O)c3)s2)n1. The van der Waals surface area contributed by atoms with E-state index in [0.29, 0.717) is 140 Å². The van der Waals surface area contributed by atoms with Gasteiger partial charge in [-0.05, 0) is 103 Å². The molecule has 0 saturated carbocycles. The number of nitrogens with one attached hydrogen (secondary N) is 4. The van der Waals surface area contributed by atoms with E-state index in [-0.39, 0.29) is 55.4 Å². The Bertz CT molecular complexity index is 4460. The van der Waals surface area contributed by atoms with Gasteiger partial charge in [-0.2, -0.15) is 41.8 Å². The highest BCUT2D eigenvalue weighted by molar-refractivity contribution is 7.99. The fourth-order valence-corrected chi connectivity index (χ4v) is 14.4. The maximum atomic E-state index is 14.2. The summed E-state index contributed by atoms with van der Waals surface area (Å²) < 4.78 is 90.5. The van der Waals surface area contributed by atoms with Crippen molar-refractivity contribution in [2.24, 2.45) is 20.5 Å². The highest BCUT2D eigenvalue weighted by Gasteiger charge is 2.35. The van der Waals surface area contributed by atoms with Gasteiger partial charge in [0.1, 0.15) is 46.2 Å². The Morgan fingerprint density at radius 2 is 1.13 bits per heavy atom. The second kappa shape index (κ2) is 34.3. The molecule has 6 N–H and O–H groups in total. The Balaban J connectivity index is 1.11. The quantitative estimate of drug-likeness (QED) is 0.00434. The van der Waals surface area contributed by atoms with Gasteiger partial charge < -0.3 is 59.8 Å². The first kappa shape index (κ1) is 75.1. The lowest BCUT2D eigenvalue weighted by atomic mass is 10.0. The molecule has 31 nitrogen and oxygen atoms in total. The number of amides is 2. The number of benzene rings is 4. The van der Waals surface area contributed by atoms with Crippen LogP contribution in [0.15, 0.2) is 114 Å². The third-order valence-electron chi connectivity index (χ3n) is 15.6. The molecular formula is C64H77N17O14S5. The number of azo groups is 2. The number of carbonyl (C=O) groups is 4. The van der Waals surface area contributed by atoms with Gasteiger partial charge in [0.05, 0.1) is 88.5 Å². The first-order valence-electron chi connectivity index (χ1n) is 31.8. The van der Waals surface area contributed by atoms with Crippen LogP contribution >= 0.6 is 34.4 Å². The minimum Gasteiger partial charge on any atom is -0.494 e. The van der Waals surface area contributed by atoms with Gasteiger partial charge in [-0.3, -0.25) is 28.3 Å². The van der Waals surface area contributed by atoms with Gasteiger partial charge in [-0.1, -0.05) is 59.9 Å². The maximum Gasteiger partial charge on any atom is 0.294 e. The van der Waals surface area contributed by atoms with Crippen LogP contribution in [0.5, 0.6) is 11.5 Å². The fourth-order valence-electron chi connectivity index (χ4n) is 10.5. The van der Waals surface area contributed by atoms with Crippen LogP contribution in [0.1, 0.15) is 77.0 Å². The van der Waals surface area contributed by atoms with E-state index < -0.39 is 59.3 Å². The standard InChI is InChI=1S/C64H77N17O14S5/c1-10-15-30-96-62-72-60(67-45-34-49(78(11-2)12-3)51(92-8)36-47(45)74-76-63-69-56(80-22-26-94-27-23-80)53(97-63)33-44(38(6)82)58(84)65-40-18-16-20-42(31-40)99(86,87)88)71-61(73-62)68-46-35-50(79(13-4)14-5)52(93-9)37-48(46)75-77-64-70-57(81-24-28-95-29-25-81)55(98-64)54(39(7)83)59(85)66-41-19-17-21-43(32-41)100(89,90)91/h16-21,31-37,54H,10-15,22-30H2,1-9H3,(H,65,84)(H,66,85)(H,86,87,88)(H,89,90,91)(H2,67,68,71,72,73)/b44-33+,76-74?,77-75?. The molecule has 5 heterocycles. The fraction of sp³-hybridized carbons (Fsp3) is 0.391. The van der Waals surface area contributed by atoms with E-state index in [0.717, 1.165) is 53.7 Å². The zero-order valence-corrected chi connectivity index (χ0v) is 60.4. The van der Waals surface area contributed by atoms with Crippen molar-refractivity contribution in [1.82, 2.24) is 24.9 Å². The number of carbonyl (C=O) groups excluding carboxylic acids is 4. The average molecular weight is 1470 g/mol. The Labute approximate surface area is 590 Å². The van der Waals surface area contributed by atoms with Crippen molar-refractivity contribution in [2.75, 3.05) is 140 Å². The summed E-state index contributed by atoms with van der Waals surface area (Å²) in [7, 11) is -6.14. The number of morpholine rings is 2. The Morgan fingerprint density at radius 1 is 0.650 bits per heavy atom. The summed E-state index contributed by atoms with van der Waals surface area (Å²) in [5, 5.41) is 31.4. The molecule has 2 saturated heterocycles. The van der Waals surface area contributed by atoms with Crippen molar-refractivity contribution < 1.29 is 64.1 Å². The molecule has 4 aromatic carbocycles. The molecule has 0 bridgehead atoms. The minimum absolute atomic E-state index is 0.0181. The van der Waals surface area contributed by atoms with E-state index in [1.54, 1.807) is 26.4 Å². The molecule has 100 heavy (non-hydrogen) atoms. The van der Waals surface area contributed by atoms with E-state index in [1.807, 2.05) is 49.6 Å². The third kappa shape index (κ3) is 19.0. The lowest BCUT2D eigenvalue weighted by Gasteiger charge is -2.28. The van der Waals surface area contributed by atoms with Gasteiger partial charge in [0.25, 0.3) is 26.1 Å². The number of methoxy groups -OCH3 is 2. The van der Waals surface area contributed by atoms with Gasteiger partial charge in [0.15, 0.2) is 10.9 Å². The number of thiazole rings is 2. The molecule has 3 aromatic heterocycles. The molecular weight excluding hydrogens is 1390 g/mol. The Morgan fingerprint density at radius 3 is 1.59 bits per heavy atom. The van der Waals surface area contributed by atoms with Crippen LogP contribution < -0.4 is 50.3 Å². The van der Waals surface area contributed by atoms with Crippen LogP contribution in [-0.2, 0) is 48.9 Å². The van der Waals surface area contributed by atoms with Crippen molar-refractivity contribution in [3.05, 3.63) is 88.1 Å².